The molecule has 1 rings (SSSR count). The zero-order valence-electron chi connectivity index (χ0n) is 12.1. The summed E-state index contributed by atoms with van der Waals surface area (Å²) in [4.78, 5) is 14.0. The molecule has 2 N–H and O–H groups in total. The van der Waals surface area contributed by atoms with Gasteiger partial charge in [0, 0.05) is 25.7 Å². The van der Waals surface area contributed by atoms with Crippen molar-refractivity contribution in [1.29, 1.82) is 0 Å². The summed E-state index contributed by atoms with van der Waals surface area (Å²) in [5.41, 5.74) is 6.68. The van der Waals surface area contributed by atoms with Crippen molar-refractivity contribution in [3.8, 4) is 5.75 Å². The molecule has 1 aromatic rings. The number of rotatable bonds is 7. The molecule has 0 heterocycles. The Morgan fingerprint density at radius 2 is 2.11 bits per heavy atom. The first kappa shape index (κ1) is 15.5. The van der Waals surface area contributed by atoms with Crippen molar-refractivity contribution >= 4 is 5.91 Å². The highest BCUT2D eigenvalue weighted by atomic mass is 16.5. The average molecular weight is 264 g/mol. The van der Waals surface area contributed by atoms with Gasteiger partial charge in [-0.25, -0.2) is 0 Å². The highest BCUT2D eigenvalue weighted by Crippen LogP contribution is 2.20. The molecule has 0 spiro atoms. The molecule has 0 fully saturated rings. The van der Waals surface area contributed by atoms with E-state index in [-0.39, 0.29) is 11.8 Å². The van der Waals surface area contributed by atoms with E-state index < -0.39 is 0 Å². The normalized spacial score (nSPS) is 12.0. The lowest BCUT2D eigenvalue weighted by atomic mass is 10.0. The second kappa shape index (κ2) is 7.79. The van der Waals surface area contributed by atoms with Crippen molar-refractivity contribution in [2.45, 2.75) is 26.3 Å². The fourth-order valence-corrected chi connectivity index (χ4v) is 2.17. The molecular weight excluding hydrogens is 240 g/mol. The molecule has 106 valence electrons. The van der Waals surface area contributed by atoms with Gasteiger partial charge < -0.3 is 15.4 Å². The summed E-state index contributed by atoms with van der Waals surface area (Å²) in [6, 6.07) is 7.74. The highest BCUT2D eigenvalue weighted by Gasteiger charge is 2.20. The first-order valence-corrected chi connectivity index (χ1v) is 6.70. The lowest BCUT2D eigenvalue weighted by molar-refractivity contribution is -0.134. The molecule has 0 saturated heterocycles. The summed E-state index contributed by atoms with van der Waals surface area (Å²) >= 11 is 0. The maximum absolute atomic E-state index is 12.3. The predicted molar refractivity (Wildman–Crippen MR) is 76.9 cm³/mol. The molecule has 1 atom stereocenters. The molecular formula is C15H24N2O2. The number of carbonyl (C=O) groups excluding carboxylic acids is 1. The number of para-hydroxylation sites is 1. The van der Waals surface area contributed by atoms with Crippen LogP contribution in [0.1, 0.15) is 25.3 Å². The molecule has 19 heavy (non-hydrogen) atoms. The Labute approximate surface area is 115 Å². The van der Waals surface area contributed by atoms with E-state index >= 15 is 0 Å². The Hall–Kier alpha value is -1.55. The van der Waals surface area contributed by atoms with Crippen LogP contribution in [0.2, 0.25) is 0 Å². The van der Waals surface area contributed by atoms with Gasteiger partial charge in [0.1, 0.15) is 5.75 Å². The van der Waals surface area contributed by atoms with Crippen molar-refractivity contribution in [2.24, 2.45) is 11.7 Å². The van der Waals surface area contributed by atoms with E-state index in [4.69, 9.17) is 10.5 Å². The number of nitrogens with zero attached hydrogens (tertiary/aromatic N) is 1. The van der Waals surface area contributed by atoms with Crippen LogP contribution in [0, 0.1) is 5.92 Å². The smallest absolute Gasteiger partial charge is 0.226 e. The van der Waals surface area contributed by atoms with Crippen molar-refractivity contribution < 1.29 is 9.53 Å². The van der Waals surface area contributed by atoms with E-state index in [0.717, 1.165) is 24.2 Å². The number of nitrogens with two attached hydrogens (primary N) is 1. The lowest BCUT2D eigenvalue weighted by Gasteiger charge is -2.23. The fraction of sp³-hybridized carbons (Fsp3) is 0.533. The van der Waals surface area contributed by atoms with Crippen LogP contribution in [0.15, 0.2) is 24.3 Å². The van der Waals surface area contributed by atoms with Crippen molar-refractivity contribution in [3.05, 3.63) is 29.8 Å². The third-order valence-corrected chi connectivity index (χ3v) is 3.25. The van der Waals surface area contributed by atoms with E-state index in [1.54, 1.807) is 12.0 Å². The van der Waals surface area contributed by atoms with Crippen LogP contribution in [-0.2, 0) is 11.3 Å². The Morgan fingerprint density at radius 1 is 1.42 bits per heavy atom. The molecule has 0 saturated carbocycles. The minimum atomic E-state index is -0.0790. The summed E-state index contributed by atoms with van der Waals surface area (Å²) in [5, 5.41) is 0. The van der Waals surface area contributed by atoms with Crippen LogP contribution in [0.25, 0.3) is 0 Å². The average Bonchev–Trinajstić information content (AvgIpc) is 2.44. The number of benzene rings is 1. The second-order valence-electron chi connectivity index (χ2n) is 4.73. The summed E-state index contributed by atoms with van der Waals surface area (Å²) in [5.74, 6) is 0.835. The molecule has 0 bridgehead atoms. The van der Waals surface area contributed by atoms with Crippen molar-refractivity contribution in [1.82, 2.24) is 4.90 Å². The van der Waals surface area contributed by atoms with Gasteiger partial charge in [0.2, 0.25) is 5.91 Å². The molecule has 0 aromatic heterocycles. The molecule has 0 aliphatic rings. The molecule has 1 amide bonds. The fourth-order valence-electron chi connectivity index (χ4n) is 2.17. The van der Waals surface area contributed by atoms with Gasteiger partial charge in [-0.05, 0) is 12.5 Å². The van der Waals surface area contributed by atoms with Gasteiger partial charge in [-0.3, -0.25) is 4.79 Å². The van der Waals surface area contributed by atoms with Gasteiger partial charge in [0.05, 0.1) is 13.0 Å². The molecule has 0 aliphatic carbocycles. The Bertz CT molecular complexity index is 407. The van der Waals surface area contributed by atoms with Gasteiger partial charge in [-0.2, -0.15) is 0 Å². The quantitative estimate of drug-likeness (QED) is 0.820. The number of hydrogen-bond donors (Lipinski definition) is 1. The van der Waals surface area contributed by atoms with Gasteiger partial charge in [0.25, 0.3) is 0 Å². The van der Waals surface area contributed by atoms with E-state index in [2.05, 4.69) is 6.92 Å². The van der Waals surface area contributed by atoms with Crippen LogP contribution in [0.3, 0.4) is 0 Å². The predicted octanol–water partition coefficient (Wildman–Crippen LogP) is 2.03. The number of carbonyl (C=O) groups is 1. The Balaban J connectivity index is 2.72. The van der Waals surface area contributed by atoms with Crippen molar-refractivity contribution in [2.75, 3.05) is 20.7 Å². The Kier molecular flexibility index (Phi) is 6.36. The summed E-state index contributed by atoms with van der Waals surface area (Å²) in [7, 11) is 3.45. The van der Waals surface area contributed by atoms with Gasteiger partial charge in [-0.1, -0.05) is 31.5 Å². The largest absolute Gasteiger partial charge is 0.496 e. The van der Waals surface area contributed by atoms with Gasteiger partial charge in [-0.15, -0.1) is 0 Å². The maximum Gasteiger partial charge on any atom is 0.226 e. The topological polar surface area (TPSA) is 55.6 Å². The molecule has 0 radical (unpaired) electrons. The Morgan fingerprint density at radius 3 is 2.68 bits per heavy atom. The first-order chi connectivity index (χ1) is 9.13. The number of hydrogen-bond acceptors (Lipinski definition) is 3. The van der Waals surface area contributed by atoms with Crippen LogP contribution in [-0.4, -0.2) is 31.5 Å². The minimum absolute atomic E-state index is 0.0790. The highest BCUT2D eigenvalue weighted by molar-refractivity contribution is 5.78. The summed E-state index contributed by atoms with van der Waals surface area (Å²) in [6.45, 7) is 3.02. The van der Waals surface area contributed by atoms with Crippen LogP contribution in [0.5, 0.6) is 5.75 Å². The maximum atomic E-state index is 12.3. The van der Waals surface area contributed by atoms with Crippen LogP contribution < -0.4 is 10.5 Å². The molecule has 4 nitrogen and oxygen atoms in total. The zero-order chi connectivity index (χ0) is 14.3. The van der Waals surface area contributed by atoms with E-state index in [0.29, 0.717) is 13.1 Å². The van der Waals surface area contributed by atoms with Gasteiger partial charge in [0.15, 0.2) is 0 Å². The summed E-state index contributed by atoms with van der Waals surface area (Å²) < 4.78 is 5.30. The van der Waals surface area contributed by atoms with Gasteiger partial charge >= 0.3 is 0 Å². The zero-order valence-corrected chi connectivity index (χ0v) is 12.1. The van der Waals surface area contributed by atoms with Crippen molar-refractivity contribution in [3.63, 3.8) is 0 Å². The standard InChI is InChI=1S/C15H24N2O2/c1-4-7-12(10-16)15(18)17(2)11-13-8-5-6-9-14(13)19-3/h5-6,8-9,12H,4,7,10-11,16H2,1-3H3. The number of methoxy groups -OCH3 is 1. The third kappa shape index (κ3) is 4.24. The monoisotopic (exact) mass is 264 g/mol. The molecule has 1 unspecified atom stereocenters. The number of ether oxygens (including phenoxy) is 1. The molecule has 1 aromatic carbocycles. The van der Waals surface area contributed by atoms with Crippen LogP contribution in [0.4, 0.5) is 0 Å². The van der Waals surface area contributed by atoms with E-state index in [9.17, 15) is 4.79 Å². The minimum Gasteiger partial charge on any atom is -0.496 e. The van der Waals surface area contributed by atoms with Crippen LogP contribution >= 0.6 is 0 Å². The summed E-state index contributed by atoms with van der Waals surface area (Å²) in [6.07, 6.45) is 1.81. The number of amides is 1. The second-order valence-corrected chi connectivity index (χ2v) is 4.73. The molecule has 0 aliphatic heterocycles. The van der Waals surface area contributed by atoms with E-state index in [1.807, 2.05) is 31.3 Å². The van der Waals surface area contributed by atoms with E-state index in [1.165, 1.54) is 0 Å². The third-order valence-electron chi connectivity index (χ3n) is 3.25. The molecule has 4 heteroatoms. The SMILES string of the molecule is CCCC(CN)C(=O)N(C)Cc1ccccc1OC. The first-order valence-electron chi connectivity index (χ1n) is 6.70. The lowest BCUT2D eigenvalue weighted by Crippen LogP contribution is -2.36.